The van der Waals surface area contributed by atoms with Gasteiger partial charge in [-0.2, -0.15) is 0 Å². The van der Waals surface area contributed by atoms with Crippen molar-refractivity contribution in [3.05, 3.63) is 17.8 Å². The van der Waals surface area contributed by atoms with Crippen molar-refractivity contribution in [1.29, 1.82) is 0 Å². The van der Waals surface area contributed by atoms with Gasteiger partial charge in [0.1, 0.15) is 11.4 Å². The molecule has 1 saturated carbocycles. The third-order valence-corrected chi connectivity index (χ3v) is 4.12. The Hall–Kier alpha value is -1.82. The van der Waals surface area contributed by atoms with E-state index in [1.54, 1.807) is 0 Å². The molecule has 0 spiro atoms. The lowest BCUT2D eigenvalue weighted by Crippen LogP contribution is -2.53. The molecule has 2 aliphatic rings. The first kappa shape index (κ1) is 13.2. The SMILES string of the molecule is Nc1cnc(N2CCOC3CCCCC32)c(C(=O)O)c1. The number of carbonyl (C=O) groups is 1. The zero-order valence-corrected chi connectivity index (χ0v) is 11.3. The number of nitrogen functional groups attached to an aromatic ring is 1. The van der Waals surface area contributed by atoms with Crippen LogP contribution in [0.15, 0.2) is 12.3 Å². The number of nitrogens with zero attached hydrogens (tertiary/aromatic N) is 2. The fourth-order valence-electron chi connectivity index (χ4n) is 3.22. The van der Waals surface area contributed by atoms with Crippen molar-refractivity contribution in [2.75, 3.05) is 23.8 Å². The first-order valence-electron chi connectivity index (χ1n) is 7.04. The van der Waals surface area contributed by atoms with Crippen LogP contribution in [-0.4, -0.2) is 41.4 Å². The highest BCUT2D eigenvalue weighted by molar-refractivity contribution is 5.94. The van der Waals surface area contributed by atoms with Crippen LogP contribution in [0.4, 0.5) is 11.5 Å². The van der Waals surface area contributed by atoms with E-state index >= 15 is 0 Å². The van der Waals surface area contributed by atoms with E-state index in [-0.39, 0.29) is 17.7 Å². The standard InChI is InChI=1S/C14H19N3O3/c15-9-7-10(14(18)19)13(16-8-9)17-5-6-20-12-4-2-1-3-11(12)17/h7-8,11-12H,1-6,15H2,(H,18,19). The smallest absolute Gasteiger partial charge is 0.339 e. The number of rotatable bonds is 2. The minimum absolute atomic E-state index is 0.177. The van der Waals surface area contributed by atoms with Crippen LogP contribution in [0.1, 0.15) is 36.0 Å². The summed E-state index contributed by atoms with van der Waals surface area (Å²) < 4.78 is 5.82. The molecule has 6 nitrogen and oxygen atoms in total. The molecule has 0 bridgehead atoms. The normalized spacial score (nSPS) is 26.1. The number of hydrogen-bond acceptors (Lipinski definition) is 5. The van der Waals surface area contributed by atoms with Crippen LogP contribution in [0.25, 0.3) is 0 Å². The van der Waals surface area contributed by atoms with Crippen LogP contribution in [0.5, 0.6) is 0 Å². The summed E-state index contributed by atoms with van der Waals surface area (Å²) in [6.45, 7) is 1.30. The summed E-state index contributed by atoms with van der Waals surface area (Å²) in [5.41, 5.74) is 6.21. The van der Waals surface area contributed by atoms with E-state index in [9.17, 15) is 9.90 Å². The lowest BCUT2D eigenvalue weighted by Gasteiger charge is -2.44. The molecule has 2 unspecified atom stereocenters. The van der Waals surface area contributed by atoms with Gasteiger partial charge in [0.15, 0.2) is 0 Å². The summed E-state index contributed by atoms with van der Waals surface area (Å²) in [5.74, 6) is -0.467. The Labute approximate surface area is 117 Å². The van der Waals surface area contributed by atoms with Gasteiger partial charge in [0.25, 0.3) is 0 Å². The molecular weight excluding hydrogens is 258 g/mol. The average Bonchev–Trinajstić information content (AvgIpc) is 2.46. The third-order valence-electron chi connectivity index (χ3n) is 4.12. The summed E-state index contributed by atoms with van der Waals surface area (Å²) in [6.07, 6.45) is 6.11. The molecule has 1 saturated heterocycles. The Morgan fingerprint density at radius 1 is 1.45 bits per heavy atom. The van der Waals surface area contributed by atoms with Crippen LogP contribution in [0.2, 0.25) is 0 Å². The molecule has 0 amide bonds. The second-order valence-corrected chi connectivity index (χ2v) is 5.40. The van der Waals surface area contributed by atoms with E-state index in [2.05, 4.69) is 9.88 Å². The lowest BCUT2D eigenvalue weighted by atomic mass is 9.90. The molecule has 2 heterocycles. The summed E-state index contributed by atoms with van der Waals surface area (Å²) in [4.78, 5) is 17.8. The van der Waals surface area contributed by atoms with Gasteiger partial charge in [-0.25, -0.2) is 9.78 Å². The Morgan fingerprint density at radius 2 is 2.25 bits per heavy atom. The van der Waals surface area contributed by atoms with Gasteiger partial charge in [0.2, 0.25) is 0 Å². The molecule has 2 fully saturated rings. The number of carboxylic acid groups (broad SMARTS) is 1. The maximum absolute atomic E-state index is 11.4. The van der Waals surface area contributed by atoms with E-state index < -0.39 is 5.97 Å². The minimum atomic E-state index is -0.987. The summed E-state index contributed by atoms with van der Waals surface area (Å²) >= 11 is 0. The van der Waals surface area contributed by atoms with Crippen LogP contribution >= 0.6 is 0 Å². The highest BCUT2D eigenvalue weighted by Gasteiger charge is 2.36. The van der Waals surface area contributed by atoms with Crippen molar-refractivity contribution >= 4 is 17.5 Å². The first-order valence-corrected chi connectivity index (χ1v) is 7.04. The summed E-state index contributed by atoms with van der Waals surface area (Å²) in [6, 6.07) is 1.71. The van der Waals surface area contributed by atoms with E-state index in [0.29, 0.717) is 24.7 Å². The second-order valence-electron chi connectivity index (χ2n) is 5.40. The largest absolute Gasteiger partial charge is 0.478 e. The van der Waals surface area contributed by atoms with Crippen molar-refractivity contribution < 1.29 is 14.6 Å². The molecule has 0 aromatic carbocycles. The predicted molar refractivity (Wildman–Crippen MR) is 75.0 cm³/mol. The number of aromatic carboxylic acids is 1. The Balaban J connectivity index is 1.96. The van der Waals surface area contributed by atoms with Gasteiger partial charge in [-0.15, -0.1) is 0 Å². The number of morpholine rings is 1. The Bertz CT molecular complexity index is 518. The molecule has 3 rings (SSSR count). The average molecular weight is 277 g/mol. The van der Waals surface area contributed by atoms with Gasteiger partial charge in [-0.3, -0.25) is 0 Å². The monoisotopic (exact) mass is 277 g/mol. The number of ether oxygens (including phenoxy) is 1. The fraction of sp³-hybridized carbons (Fsp3) is 0.571. The summed E-state index contributed by atoms with van der Waals surface area (Å²) in [5, 5.41) is 9.36. The minimum Gasteiger partial charge on any atom is -0.478 e. The first-order chi connectivity index (χ1) is 9.66. The molecule has 1 aromatic heterocycles. The number of pyridine rings is 1. The zero-order valence-electron chi connectivity index (χ0n) is 11.3. The highest BCUT2D eigenvalue weighted by Crippen LogP contribution is 2.33. The van der Waals surface area contributed by atoms with Gasteiger partial charge in [-0.1, -0.05) is 12.8 Å². The molecule has 2 atom stereocenters. The van der Waals surface area contributed by atoms with Crippen molar-refractivity contribution in [1.82, 2.24) is 4.98 Å². The molecule has 6 heteroatoms. The number of fused-ring (bicyclic) bond motifs is 1. The van der Waals surface area contributed by atoms with Crippen LogP contribution in [0.3, 0.4) is 0 Å². The number of anilines is 2. The van der Waals surface area contributed by atoms with Gasteiger partial charge in [0, 0.05) is 6.54 Å². The highest BCUT2D eigenvalue weighted by atomic mass is 16.5. The van der Waals surface area contributed by atoms with Crippen molar-refractivity contribution in [2.45, 2.75) is 37.8 Å². The number of nitrogens with two attached hydrogens (primary N) is 1. The van der Waals surface area contributed by atoms with Gasteiger partial charge < -0.3 is 20.5 Å². The van der Waals surface area contributed by atoms with E-state index in [4.69, 9.17) is 10.5 Å². The number of hydrogen-bond donors (Lipinski definition) is 2. The van der Waals surface area contributed by atoms with E-state index in [0.717, 1.165) is 19.3 Å². The van der Waals surface area contributed by atoms with E-state index in [1.807, 2.05) is 0 Å². The molecule has 0 radical (unpaired) electrons. The maximum Gasteiger partial charge on any atom is 0.339 e. The third kappa shape index (κ3) is 2.31. The molecule has 20 heavy (non-hydrogen) atoms. The van der Waals surface area contributed by atoms with Gasteiger partial charge in [0.05, 0.1) is 30.6 Å². The van der Waals surface area contributed by atoms with Crippen LogP contribution in [-0.2, 0) is 4.74 Å². The fourth-order valence-corrected chi connectivity index (χ4v) is 3.22. The van der Waals surface area contributed by atoms with Crippen molar-refractivity contribution in [3.8, 4) is 0 Å². The van der Waals surface area contributed by atoms with Crippen LogP contribution < -0.4 is 10.6 Å². The number of carboxylic acids is 1. The molecule has 108 valence electrons. The lowest BCUT2D eigenvalue weighted by molar-refractivity contribution is -0.00909. The molecule has 3 N–H and O–H groups in total. The Morgan fingerprint density at radius 3 is 3.05 bits per heavy atom. The zero-order chi connectivity index (χ0) is 14.1. The van der Waals surface area contributed by atoms with Gasteiger partial charge >= 0.3 is 5.97 Å². The maximum atomic E-state index is 11.4. The van der Waals surface area contributed by atoms with Gasteiger partial charge in [-0.05, 0) is 18.9 Å². The molecule has 1 aliphatic carbocycles. The Kier molecular flexibility index (Phi) is 3.48. The van der Waals surface area contributed by atoms with Crippen LogP contribution in [0, 0.1) is 0 Å². The van der Waals surface area contributed by atoms with Crippen molar-refractivity contribution in [2.24, 2.45) is 0 Å². The number of aromatic nitrogens is 1. The second kappa shape index (κ2) is 5.28. The molecule has 1 aromatic rings. The topological polar surface area (TPSA) is 88.7 Å². The molecule has 1 aliphatic heterocycles. The predicted octanol–water partition coefficient (Wildman–Crippen LogP) is 1.51. The van der Waals surface area contributed by atoms with Crippen molar-refractivity contribution in [3.63, 3.8) is 0 Å². The molecular formula is C14H19N3O3. The summed E-state index contributed by atoms with van der Waals surface area (Å²) in [7, 11) is 0. The quantitative estimate of drug-likeness (QED) is 0.851. The van der Waals surface area contributed by atoms with E-state index in [1.165, 1.54) is 18.7 Å².